The molecular weight excluding hydrogens is 356 g/mol. The predicted molar refractivity (Wildman–Crippen MR) is 107 cm³/mol. The molecule has 0 aliphatic carbocycles. The Labute approximate surface area is 162 Å². The van der Waals surface area contributed by atoms with E-state index < -0.39 is 0 Å². The molecule has 142 valence electrons. The van der Waals surface area contributed by atoms with Crippen molar-refractivity contribution in [3.05, 3.63) is 65.6 Å². The molecule has 1 aromatic heterocycles. The zero-order valence-electron chi connectivity index (χ0n) is 15.7. The molecule has 0 radical (unpaired) electrons. The number of anilines is 3. The fourth-order valence-corrected chi connectivity index (χ4v) is 2.97. The molecule has 0 spiro atoms. The molecule has 0 bridgehead atoms. The number of amides is 1. The number of hydrogen-bond acceptors (Lipinski definition) is 6. The lowest BCUT2D eigenvalue weighted by Crippen LogP contribution is -2.16. The summed E-state index contributed by atoms with van der Waals surface area (Å²) < 4.78 is 11.1. The van der Waals surface area contributed by atoms with Gasteiger partial charge in [0.05, 0.1) is 12.4 Å². The van der Waals surface area contributed by atoms with E-state index in [2.05, 4.69) is 20.6 Å². The fourth-order valence-electron chi connectivity index (χ4n) is 2.97. The zero-order chi connectivity index (χ0) is 19.5. The largest absolute Gasteiger partial charge is 0.486 e. The van der Waals surface area contributed by atoms with Crippen LogP contribution in [0.5, 0.6) is 11.5 Å². The maximum absolute atomic E-state index is 12.5. The summed E-state index contributed by atoms with van der Waals surface area (Å²) in [6.45, 7) is 4.99. The van der Waals surface area contributed by atoms with Gasteiger partial charge < -0.3 is 20.1 Å². The number of carbonyl (C=O) groups is 1. The molecule has 0 unspecified atom stereocenters. The highest BCUT2D eigenvalue weighted by Crippen LogP contribution is 2.33. The quantitative estimate of drug-likeness (QED) is 0.719. The smallest absolute Gasteiger partial charge is 0.275 e. The molecule has 2 N–H and O–H groups in total. The number of aryl methyl sites for hydroxylation is 2. The van der Waals surface area contributed by atoms with Crippen molar-refractivity contribution in [2.24, 2.45) is 0 Å². The minimum Gasteiger partial charge on any atom is -0.486 e. The highest BCUT2D eigenvalue weighted by atomic mass is 16.6. The van der Waals surface area contributed by atoms with Crippen molar-refractivity contribution in [2.45, 2.75) is 13.8 Å². The van der Waals surface area contributed by atoms with Crippen LogP contribution >= 0.6 is 0 Å². The molecule has 4 rings (SSSR count). The third kappa shape index (κ3) is 3.73. The fraction of sp³-hybridized carbons (Fsp3) is 0.190. The number of nitrogens with zero attached hydrogens (tertiary/aromatic N) is 2. The van der Waals surface area contributed by atoms with Crippen LogP contribution in [-0.4, -0.2) is 29.1 Å². The van der Waals surface area contributed by atoms with Crippen molar-refractivity contribution in [3.63, 3.8) is 0 Å². The number of benzene rings is 2. The van der Waals surface area contributed by atoms with Crippen LogP contribution in [-0.2, 0) is 0 Å². The molecule has 28 heavy (non-hydrogen) atoms. The van der Waals surface area contributed by atoms with Crippen molar-refractivity contribution in [1.82, 2.24) is 9.97 Å². The van der Waals surface area contributed by atoms with Gasteiger partial charge in [-0.05, 0) is 37.1 Å². The molecule has 0 fully saturated rings. The number of aromatic nitrogens is 2. The predicted octanol–water partition coefficient (Wildman–Crippen LogP) is 3.86. The highest BCUT2D eigenvalue weighted by molar-refractivity contribution is 6.03. The first-order valence-corrected chi connectivity index (χ1v) is 8.96. The molecule has 0 atom stereocenters. The van der Waals surface area contributed by atoms with Gasteiger partial charge >= 0.3 is 0 Å². The first kappa shape index (κ1) is 17.8. The molecule has 0 saturated carbocycles. The van der Waals surface area contributed by atoms with Crippen LogP contribution < -0.4 is 20.1 Å². The highest BCUT2D eigenvalue weighted by Gasteiger charge is 2.13. The molecule has 3 aromatic rings. The molecule has 7 heteroatoms. The molecule has 1 amide bonds. The monoisotopic (exact) mass is 376 g/mol. The molecule has 2 heterocycles. The van der Waals surface area contributed by atoms with E-state index in [0.29, 0.717) is 24.8 Å². The van der Waals surface area contributed by atoms with E-state index in [4.69, 9.17) is 9.47 Å². The van der Waals surface area contributed by atoms with Crippen LogP contribution in [0.25, 0.3) is 0 Å². The minimum atomic E-state index is -0.296. The average molecular weight is 376 g/mol. The Hall–Kier alpha value is -3.61. The second-order valence-electron chi connectivity index (χ2n) is 6.49. The minimum absolute atomic E-state index is 0.246. The summed E-state index contributed by atoms with van der Waals surface area (Å²) in [5.74, 6) is 1.64. The van der Waals surface area contributed by atoms with Crippen LogP contribution in [0, 0.1) is 13.8 Å². The molecule has 1 aliphatic heterocycles. The van der Waals surface area contributed by atoms with Gasteiger partial charge in [-0.3, -0.25) is 4.79 Å². The summed E-state index contributed by atoms with van der Waals surface area (Å²) in [6, 6.07) is 11.4. The standard InChI is InChI=1S/C21H20N4O3/c1-13-4-3-5-14(2)20(13)25-21(26)16-11-23-19(12-22-16)24-15-6-7-17-18(10-15)28-9-8-27-17/h3-7,10-12H,8-9H2,1-2H3,(H,23,24)(H,25,26). The van der Waals surface area contributed by atoms with Gasteiger partial charge in [0.25, 0.3) is 5.91 Å². The number of carbonyl (C=O) groups excluding carboxylic acids is 1. The van der Waals surface area contributed by atoms with Crippen LogP contribution in [0.2, 0.25) is 0 Å². The third-order valence-corrected chi connectivity index (χ3v) is 4.42. The summed E-state index contributed by atoms with van der Waals surface area (Å²) in [5.41, 5.74) is 3.84. The van der Waals surface area contributed by atoms with Crippen LogP contribution in [0.4, 0.5) is 17.2 Å². The van der Waals surface area contributed by atoms with Gasteiger partial charge in [-0.15, -0.1) is 0 Å². The van der Waals surface area contributed by atoms with Crippen LogP contribution in [0.15, 0.2) is 48.8 Å². The molecule has 2 aromatic carbocycles. The van der Waals surface area contributed by atoms with E-state index in [1.165, 1.54) is 12.4 Å². The third-order valence-electron chi connectivity index (χ3n) is 4.42. The number of rotatable bonds is 4. The number of nitrogens with one attached hydrogen (secondary N) is 2. The Bertz CT molecular complexity index is 998. The van der Waals surface area contributed by atoms with Gasteiger partial charge in [-0.1, -0.05) is 18.2 Å². The van der Waals surface area contributed by atoms with Gasteiger partial charge in [0, 0.05) is 17.4 Å². The second-order valence-corrected chi connectivity index (χ2v) is 6.49. The number of para-hydroxylation sites is 1. The number of hydrogen-bond donors (Lipinski definition) is 2. The maximum atomic E-state index is 12.5. The van der Waals surface area contributed by atoms with Gasteiger partial charge in [-0.25, -0.2) is 9.97 Å². The lowest BCUT2D eigenvalue weighted by atomic mass is 10.1. The van der Waals surface area contributed by atoms with Gasteiger partial charge in [0.1, 0.15) is 24.7 Å². The van der Waals surface area contributed by atoms with E-state index in [-0.39, 0.29) is 11.6 Å². The first-order valence-electron chi connectivity index (χ1n) is 8.96. The van der Waals surface area contributed by atoms with Crippen LogP contribution in [0.3, 0.4) is 0 Å². The van der Waals surface area contributed by atoms with Gasteiger partial charge in [-0.2, -0.15) is 0 Å². The molecule has 1 aliphatic rings. The Morgan fingerprint density at radius 1 is 0.964 bits per heavy atom. The van der Waals surface area contributed by atoms with Crippen molar-refractivity contribution < 1.29 is 14.3 Å². The molecule has 0 saturated heterocycles. The van der Waals surface area contributed by atoms with Crippen molar-refractivity contribution in [3.8, 4) is 11.5 Å². The van der Waals surface area contributed by atoms with E-state index in [1.54, 1.807) is 0 Å². The summed E-state index contributed by atoms with van der Waals surface area (Å²) in [4.78, 5) is 21.0. The van der Waals surface area contributed by atoms with Crippen molar-refractivity contribution in [1.29, 1.82) is 0 Å². The van der Waals surface area contributed by atoms with E-state index in [9.17, 15) is 4.79 Å². The molecular formula is C21H20N4O3. The van der Waals surface area contributed by atoms with E-state index >= 15 is 0 Å². The number of ether oxygens (including phenoxy) is 2. The maximum Gasteiger partial charge on any atom is 0.275 e. The second kappa shape index (κ2) is 7.56. The average Bonchev–Trinajstić information content (AvgIpc) is 2.71. The normalized spacial score (nSPS) is 12.4. The number of fused-ring (bicyclic) bond motifs is 1. The van der Waals surface area contributed by atoms with Crippen molar-refractivity contribution >= 4 is 23.1 Å². The SMILES string of the molecule is Cc1cccc(C)c1NC(=O)c1cnc(Nc2ccc3c(c2)OCCO3)cn1. The summed E-state index contributed by atoms with van der Waals surface area (Å²) in [7, 11) is 0. The Morgan fingerprint density at radius 2 is 1.71 bits per heavy atom. The Morgan fingerprint density at radius 3 is 2.43 bits per heavy atom. The summed E-state index contributed by atoms with van der Waals surface area (Å²) in [5, 5.41) is 6.05. The summed E-state index contributed by atoms with van der Waals surface area (Å²) >= 11 is 0. The Balaban J connectivity index is 1.46. The van der Waals surface area contributed by atoms with Crippen LogP contribution in [0.1, 0.15) is 21.6 Å². The van der Waals surface area contributed by atoms with E-state index in [1.807, 2.05) is 50.2 Å². The lowest BCUT2D eigenvalue weighted by molar-refractivity contribution is 0.102. The van der Waals surface area contributed by atoms with Gasteiger partial charge in [0.15, 0.2) is 11.5 Å². The first-order chi connectivity index (χ1) is 13.6. The zero-order valence-corrected chi connectivity index (χ0v) is 15.7. The topological polar surface area (TPSA) is 85.4 Å². The Kier molecular flexibility index (Phi) is 4.80. The van der Waals surface area contributed by atoms with Crippen molar-refractivity contribution in [2.75, 3.05) is 23.8 Å². The summed E-state index contributed by atoms with van der Waals surface area (Å²) in [6.07, 6.45) is 2.97. The van der Waals surface area contributed by atoms with Gasteiger partial charge in [0.2, 0.25) is 0 Å². The lowest BCUT2D eigenvalue weighted by Gasteiger charge is -2.19. The van der Waals surface area contributed by atoms with E-state index in [0.717, 1.165) is 28.3 Å². The molecule has 7 nitrogen and oxygen atoms in total.